The van der Waals surface area contributed by atoms with Crippen molar-refractivity contribution in [3.05, 3.63) is 35.1 Å². The van der Waals surface area contributed by atoms with Crippen molar-refractivity contribution in [2.45, 2.75) is 32.8 Å². The number of carbonyl (C=O) groups excluding carboxylic acids is 1. The highest BCUT2D eigenvalue weighted by Gasteiger charge is 2.32. The minimum atomic E-state index is -0.390. The largest absolute Gasteiger partial charge is 0.382 e. The lowest BCUT2D eigenvalue weighted by Crippen LogP contribution is -2.43. The van der Waals surface area contributed by atoms with Crippen molar-refractivity contribution in [1.29, 1.82) is 0 Å². The molecular formula is C16H21N5O3. The molecule has 2 N–H and O–H groups in total. The van der Waals surface area contributed by atoms with E-state index in [9.17, 15) is 4.79 Å². The van der Waals surface area contributed by atoms with Gasteiger partial charge < -0.3 is 19.9 Å². The molecule has 1 aliphatic rings. The van der Waals surface area contributed by atoms with Crippen LogP contribution in [0.1, 0.15) is 53.4 Å². The molecule has 0 saturated carbocycles. The van der Waals surface area contributed by atoms with Gasteiger partial charge in [0.15, 0.2) is 0 Å². The third-order valence-electron chi connectivity index (χ3n) is 4.06. The highest BCUT2D eigenvalue weighted by molar-refractivity contribution is 5.96. The fourth-order valence-electron chi connectivity index (χ4n) is 2.81. The highest BCUT2D eigenvalue weighted by Crippen LogP contribution is 2.27. The average molecular weight is 331 g/mol. The zero-order chi connectivity index (χ0) is 17.3. The van der Waals surface area contributed by atoms with E-state index in [-0.39, 0.29) is 17.9 Å². The van der Waals surface area contributed by atoms with Gasteiger partial charge in [0.1, 0.15) is 28.9 Å². The Morgan fingerprint density at radius 1 is 1.38 bits per heavy atom. The van der Waals surface area contributed by atoms with E-state index in [1.54, 1.807) is 18.0 Å². The van der Waals surface area contributed by atoms with Gasteiger partial charge in [0.25, 0.3) is 5.91 Å². The van der Waals surface area contributed by atoms with E-state index in [0.29, 0.717) is 48.2 Å². The summed E-state index contributed by atoms with van der Waals surface area (Å²) < 4.78 is 11.0. The Bertz CT molecular complexity index is 743. The molecule has 0 aromatic carbocycles. The first kappa shape index (κ1) is 16.4. The quantitative estimate of drug-likeness (QED) is 0.911. The van der Waals surface area contributed by atoms with Crippen LogP contribution in [0.2, 0.25) is 0 Å². The summed E-state index contributed by atoms with van der Waals surface area (Å²) >= 11 is 0. The topological polar surface area (TPSA) is 107 Å². The van der Waals surface area contributed by atoms with Crippen LogP contribution >= 0.6 is 0 Å². The fraction of sp³-hybridized carbons (Fsp3) is 0.500. The Kier molecular flexibility index (Phi) is 4.48. The number of morpholine rings is 1. The molecule has 0 aliphatic carbocycles. The SMILES string of the molecule is Cc1onc(C(C)C)c1C(=O)N1CCO[C@@H](c2nccnc2N)C1. The first-order valence-corrected chi connectivity index (χ1v) is 7.92. The lowest BCUT2D eigenvalue weighted by atomic mass is 10.0. The lowest BCUT2D eigenvalue weighted by molar-refractivity contribution is -0.0246. The molecule has 8 heteroatoms. The molecule has 2 aromatic heterocycles. The van der Waals surface area contributed by atoms with Crippen LogP contribution in [-0.4, -0.2) is 45.6 Å². The maximum absolute atomic E-state index is 13.0. The third kappa shape index (κ3) is 2.96. The smallest absolute Gasteiger partial charge is 0.259 e. The predicted molar refractivity (Wildman–Crippen MR) is 86.4 cm³/mol. The van der Waals surface area contributed by atoms with Crippen LogP contribution in [0.4, 0.5) is 5.82 Å². The summed E-state index contributed by atoms with van der Waals surface area (Å²) in [7, 11) is 0. The normalized spacial score (nSPS) is 18.2. The lowest BCUT2D eigenvalue weighted by Gasteiger charge is -2.33. The van der Waals surface area contributed by atoms with Crippen LogP contribution in [0.3, 0.4) is 0 Å². The number of hydrogen-bond acceptors (Lipinski definition) is 7. The molecule has 1 atom stereocenters. The van der Waals surface area contributed by atoms with E-state index in [1.807, 2.05) is 13.8 Å². The summed E-state index contributed by atoms with van der Waals surface area (Å²) in [5, 5.41) is 4.03. The number of anilines is 1. The molecule has 1 amide bonds. The predicted octanol–water partition coefficient (Wildman–Crippen LogP) is 1.69. The number of aromatic nitrogens is 3. The Labute approximate surface area is 140 Å². The summed E-state index contributed by atoms with van der Waals surface area (Å²) in [5.74, 6) is 0.855. The summed E-state index contributed by atoms with van der Waals surface area (Å²) in [5.41, 5.74) is 7.65. The highest BCUT2D eigenvalue weighted by atomic mass is 16.5. The van der Waals surface area contributed by atoms with Gasteiger partial charge in [0.2, 0.25) is 0 Å². The minimum absolute atomic E-state index is 0.104. The van der Waals surface area contributed by atoms with E-state index >= 15 is 0 Å². The van der Waals surface area contributed by atoms with Crippen LogP contribution < -0.4 is 5.73 Å². The molecule has 0 bridgehead atoms. The molecule has 1 saturated heterocycles. The Morgan fingerprint density at radius 2 is 2.12 bits per heavy atom. The van der Waals surface area contributed by atoms with Crippen molar-refractivity contribution in [2.75, 3.05) is 25.4 Å². The maximum Gasteiger partial charge on any atom is 0.259 e. The molecule has 1 fully saturated rings. The second-order valence-corrected chi connectivity index (χ2v) is 6.09. The van der Waals surface area contributed by atoms with Crippen molar-refractivity contribution in [1.82, 2.24) is 20.0 Å². The van der Waals surface area contributed by atoms with Crippen LogP contribution in [0.25, 0.3) is 0 Å². The monoisotopic (exact) mass is 331 g/mol. The maximum atomic E-state index is 13.0. The zero-order valence-corrected chi connectivity index (χ0v) is 14.0. The van der Waals surface area contributed by atoms with Crippen molar-refractivity contribution >= 4 is 11.7 Å². The van der Waals surface area contributed by atoms with Crippen molar-refractivity contribution < 1.29 is 14.1 Å². The van der Waals surface area contributed by atoms with Gasteiger partial charge in [-0.05, 0) is 12.8 Å². The van der Waals surface area contributed by atoms with Crippen LogP contribution in [0.5, 0.6) is 0 Å². The van der Waals surface area contributed by atoms with E-state index in [2.05, 4.69) is 15.1 Å². The molecule has 3 rings (SSSR count). The second-order valence-electron chi connectivity index (χ2n) is 6.09. The molecule has 3 heterocycles. The number of rotatable bonds is 3. The minimum Gasteiger partial charge on any atom is -0.382 e. The van der Waals surface area contributed by atoms with Crippen LogP contribution in [0.15, 0.2) is 16.9 Å². The number of amides is 1. The Balaban J connectivity index is 1.84. The molecule has 8 nitrogen and oxygen atoms in total. The van der Waals surface area contributed by atoms with Crippen molar-refractivity contribution in [3.8, 4) is 0 Å². The van der Waals surface area contributed by atoms with Crippen LogP contribution in [-0.2, 0) is 4.74 Å². The zero-order valence-electron chi connectivity index (χ0n) is 14.0. The third-order valence-corrected chi connectivity index (χ3v) is 4.06. The van der Waals surface area contributed by atoms with E-state index in [1.165, 1.54) is 6.20 Å². The number of nitrogen functional groups attached to an aromatic ring is 1. The number of ether oxygens (including phenoxy) is 1. The number of nitrogens with two attached hydrogens (primary N) is 1. The number of hydrogen-bond donors (Lipinski definition) is 1. The molecule has 0 radical (unpaired) electrons. The molecule has 0 unspecified atom stereocenters. The molecule has 2 aromatic rings. The Hall–Kier alpha value is -2.48. The van der Waals surface area contributed by atoms with Gasteiger partial charge in [-0.15, -0.1) is 0 Å². The molecular weight excluding hydrogens is 310 g/mol. The van der Waals surface area contributed by atoms with Gasteiger partial charge in [-0.25, -0.2) is 4.98 Å². The number of carbonyl (C=O) groups is 1. The molecule has 0 spiro atoms. The van der Waals surface area contributed by atoms with Gasteiger partial charge in [-0.1, -0.05) is 19.0 Å². The summed E-state index contributed by atoms with van der Waals surface area (Å²) in [6.45, 7) is 6.99. The van der Waals surface area contributed by atoms with Gasteiger partial charge in [-0.2, -0.15) is 0 Å². The van der Waals surface area contributed by atoms with Gasteiger partial charge in [0.05, 0.1) is 18.8 Å². The van der Waals surface area contributed by atoms with Gasteiger partial charge in [-0.3, -0.25) is 9.78 Å². The number of aryl methyl sites for hydroxylation is 1. The average Bonchev–Trinajstić information content (AvgIpc) is 2.96. The first-order valence-electron chi connectivity index (χ1n) is 7.92. The van der Waals surface area contributed by atoms with Gasteiger partial charge in [0, 0.05) is 18.9 Å². The van der Waals surface area contributed by atoms with E-state index in [4.69, 9.17) is 15.0 Å². The van der Waals surface area contributed by atoms with E-state index < -0.39 is 0 Å². The summed E-state index contributed by atoms with van der Waals surface area (Å²) in [6, 6.07) is 0. The van der Waals surface area contributed by atoms with E-state index in [0.717, 1.165) is 0 Å². The fourth-order valence-corrected chi connectivity index (χ4v) is 2.81. The van der Waals surface area contributed by atoms with Crippen molar-refractivity contribution in [2.24, 2.45) is 0 Å². The summed E-state index contributed by atoms with van der Waals surface area (Å²) in [6.07, 6.45) is 2.70. The molecule has 128 valence electrons. The second kappa shape index (κ2) is 6.56. The number of nitrogens with zero attached hydrogens (tertiary/aromatic N) is 4. The first-order chi connectivity index (χ1) is 11.5. The summed E-state index contributed by atoms with van der Waals surface area (Å²) in [4.78, 5) is 23.0. The van der Waals surface area contributed by atoms with Gasteiger partial charge >= 0.3 is 0 Å². The molecule has 1 aliphatic heterocycles. The van der Waals surface area contributed by atoms with Crippen molar-refractivity contribution in [3.63, 3.8) is 0 Å². The molecule has 24 heavy (non-hydrogen) atoms. The van der Waals surface area contributed by atoms with Crippen LogP contribution in [0, 0.1) is 6.92 Å². The standard InChI is InChI=1S/C16H21N5O3/c1-9(2)13-12(10(3)24-20-13)16(22)21-6-7-23-11(8-21)14-15(17)19-5-4-18-14/h4-5,9,11H,6-8H2,1-3H3,(H2,17,19)/t11-/m1/s1. The Morgan fingerprint density at radius 3 is 2.83 bits per heavy atom.